The van der Waals surface area contributed by atoms with Gasteiger partial charge in [0.15, 0.2) is 0 Å². The predicted octanol–water partition coefficient (Wildman–Crippen LogP) is 4.89. The van der Waals surface area contributed by atoms with Crippen molar-refractivity contribution in [3.05, 3.63) is 96.1 Å². The van der Waals surface area contributed by atoms with Crippen molar-refractivity contribution in [1.82, 2.24) is 0 Å². The number of amides is 3. The molecule has 6 nitrogen and oxygen atoms in total. The summed E-state index contributed by atoms with van der Waals surface area (Å²) >= 11 is 0. The van der Waals surface area contributed by atoms with Crippen molar-refractivity contribution in [2.45, 2.75) is 20.3 Å². The van der Waals surface area contributed by atoms with Gasteiger partial charge in [-0.2, -0.15) is 0 Å². The summed E-state index contributed by atoms with van der Waals surface area (Å²) in [7, 11) is 0. The Morgan fingerprint density at radius 1 is 0.818 bits per heavy atom. The summed E-state index contributed by atoms with van der Waals surface area (Å²) in [6.45, 7) is 4.00. The van der Waals surface area contributed by atoms with E-state index in [1.807, 2.05) is 61.5 Å². The first-order valence-electron chi connectivity index (χ1n) is 10.8. The molecule has 0 fully saturated rings. The second kappa shape index (κ2) is 11.4. The summed E-state index contributed by atoms with van der Waals surface area (Å²) in [5.74, 6) is -0.370. The van der Waals surface area contributed by atoms with E-state index in [4.69, 9.17) is 0 Å². The molecule has 3 aromatic rings. The third-order valence-electron chi connectivity index (χ3n) is 4.92. The first-order chi connectivity index (χ1) is 15.9. The Bertz CT molecular complexity index is 1120. The maximum absolute atomic E-state index is 12.7. The number of likely N-dealkylation sites (N-methyl/N-ethyl adjacent to an activating group) is 1. The fourth-order valence-corrected chi connectivity index (χ4v) is 3.32. The molecule has 0 spiro atoms. The normalized spacial score (nSPS) is 10.6. The first kappa shape index (κ1) is 23.5. The molecule has 0 atom stereocenters. The predicted molar refractivity (Wildman–Crippen MR) is 133 cm³/mol. The van der Waals surface area contributed by atoms with Crippen LogP contribution in [0.3, 0.4) is 0 Å². The van der Waals surface area contributed by atoms with E-state index in [0.29, 0.717) is 17.9 Å². The SMILES string of the molecule is CCN(C(=O)Cc1ccc(NC(=O)/C=C/c2ccc(NC(C)=O)cc2)cc1)c1ccccc1. The van der Waals surface area contributed by atoms with Gasteiger partial charge in [0, 0.05) is 36.6 Å². The Morgan fingerprint density at radius 3 is 2.03 bits per heavy atom. The van der Waals surface area contributed by atoms with Crippen molar-refractivity contribution in [3.63, 3.8) is 0 Å². The minimum atomic E-state index is -0.258. The van der Waals surface area contributed by atoms with Gasteiger partial charge >= 0.3 is 0 Å². The third-order valence-corrected chi connectivity index (χ3v) is 4.92. The van der Waals surface area contributed by atoms with E-state index in [1.54, 1.807) is 35.2 Å². The minimum absolute atomic E-state index is 0.0212. The van der Waals surface area contributed by atoms with E-state index < -0.39 is 0 Å². The van der Waals surface area contributed by atoms with Gasteiger partial charge in [0.2, 0.25) is 17.7 Å². The second-order valence-electron chi connectivity index (χ2n) is 7.47. The molecule has 33 heavy (non-hydrogen) atoms. The summed E-state index contributed by atoms with van der Waals surface area (Å²) in [5, 5.41) is 5.51. The number of nitrogens with one attached hydrogen (secondary N) is 2. The summed E-state index contributed by atoms with van der Waals surface area (Å²) in [6.07, 6.45) is 3.43. The quantitative estimate of drug-likeness (QED) is 0.489. The zero-order valence-electron chi connectivity index (χ0n) is 18.7. The number of anilines is 3. The second-order valence-corrected chi connectivity index (χ2v) is 7.47. The zero-order chi connectivity index (χ0) is 23.6. The maximum atomic E-state index is 12.7. The van der Waals surface area contributed by atoms with Crippen molar-refractivity contribution >= 4 is 40.9 Å². The van der Waals surface area contributed by atoms with Crippen LogP contribution in [0.25, 0.3) is 6.08 Å². The van der Waals surface area contributed by atoms with E-state index in [-0.39, 0.29) is 24.1 Å². The average Bonchev–Trinajstić information content (AvgIpc) is 2.81. The van der Waals surface area contributed by atoms with Crippen LogP contribution in [0.1, 0.15) is 25.0 Å². The van der Waals surface area contributed by atoms with Crippen LogP contribution < -0.4 is 15.5 Å². The summed E-state index contributed by atoms with van der Waals surface area (Å²) in [4.78, 5) is 37.8. The van der Waals surface area contributed by atoms with Gasteiger partial charge in [-0.15, -0.1) is 0 Å². The van der Waals surface area contributed by atoms with Gasteiger partial charge in [-0.25, -0.2) is 0 Å². The highest BCUT2D eigenvalue weighted by Crippen LogP contribution is 2.16. The zero-order valence-corrected chi connectivity index (χ0v) is 18.7. The lowest BCUT2D eigenvalue weighted by atomic mass is 10.1. The van der Waals surface area contributed by atoms with Crippen LogP contribution in [0, 0.1) is 0 Å². The van der Waals surface area contributed by atoms with E-state index in [2.05, 4.69) is 10.6 Å². The summed E-state index contributed by atoms with van der Waals surface area (Å²) in [6, 6.07) is 24.0. The maximum Gasteiger partial charge on any atom is 0.248 e. The van der Waals surface area contributed by atoms with Crippen LogP contribution in [0.4, 0.5) is 17.1 Å². The van der Waals surface area contributed by atoms with E-state index in [1.165, 1.54) is 13.0 Å². The molecule has 0 aliphatic carbocycles. The van der Waals surface area contributed by atoms with Gasteiger partial charge < -0.3 is 15.5 Å². The number of para-hydroxylation sites is 1. The van der Waals surface area contributed by atoms with E-state index in [9.17, 15) is 14.4 Å². The molecule has 168 valence electrons. The van der Waals surface area contributed by atoms with Crippen molar-refractivity contribution in [1.29, 1.82) is 0 Å². The van der Waals surface area contributed by atoms with Crippen LogP contribution in [-0.4, -0.2) is 24.3 Å². The Kier molecular flexibility index (Phi) is 8.13. The Labute approximate surface area is 193 Å². The molecule has 3 amide bonds. The monoisotopic (exact) mass is 441 g/mol. The van der Waals surface area contributed by atoms with E-state index >= 15 is 0 Å². The molecular formula is C27H27N3O3. The Balaban J connectivity index is 1.54. The molecule has 2 N–H and O–H groups in total. The van der Waals surface area contributed by atoms with Crippen molar-refractivity contribution < 1.29 is 14.4 Å². The van der Waals surface area contributed by atoms with Crippen LogP contribution in [-0.2, 0) is 20.8 Å². The molecule has 0 saturated heterocycles. The van der Waals surface area contributed by atoms with Gasteiger partial charge in [0.1, 0.15) is 0 Å². The number of nitrogens with zero attached hydrogens (tertiary/aromatic N) is 1. The highest BCUT2D eigenvalue weighted by Gasteiger charge is 2.14. The topological polar surface area (TPSA) is 78.5 Å². The summed E-state index contributed by atoms with van der Waals surface area (Å²) < 4.78 is 0. The lowest BCUT2D eigenvalue weighted by molar-refractivity contribution is -0.118. The lowest BCUT2D eigenvalue weighted by Gasteiger charge is -2.21. The minimum Gasteiger partial charge on any atom is -0.326 e. The first-order valence-corrected chi connectivity index (χ1v) is 10.8. The molecule has 0 aliphatic rings. The van der Waals surface area contributed by atoms with Gasteiger partial charge in [0.05, 0.1) is 6.42 Å². The fourth-order valence-electron chi connectivity index (χ4n) is 3.32. The van der Waals surface area contributed by atoms with Crippen molar-refractivity contribution in [2.24, 2.45) is 0 Å². The molecule has 0 radical (unpaired) electrons. The average molecular weight is 442 g/mol. The molecule has 3 rings (SSSR count). The number of carbonyl (C=O) groups is 3. The number of benzene rings is 3. The number of hydrogen-bond donors (Lipinski definition) is 2. The number of hydrogen-bond acceptors (Lipinski definition) is 3. The van der Waals surface area contributed by atoms with Crippen LogP contribution in [0.2, 0.25) is 0 Å². The lowest BCUT2D eigenvalue weighted by Crippen LogP contribution is -2.31. The van der Waals surface area contributed by atoms with Crippen molar-refractivity contribution in [2.75, 3.05) is 22.1 Å². The number of rotatable bonds is 8. The highest BCUT2D eigenvalue weighted by molar-refractivity contribution is 6.02. The van der Waals surface area contributed by atoms with Gasteiger partial charge in [-0.1, -0.05) is 42.5 Å². The molecule has 0 bridgehead atoms. The molecule has 0 unspecified atom stereocenters. The molecular weight excluding hydrogens is 414 g/mol. The molecule has 6 heteroatoms. The van der Waals surface area contributed by atoms with Gasteiger partial charge in [0.25, 0.3) is 0 Å². The van der Waals surface area contributed by atoms with Crippen LogP contribution in [0.15, 0.2) is 84.9 Å². The highest BCUT2D eigenvalue weighted by atomic mass is 16.2. The third kappa shape index (κ3) is 7.18. The van der Waals surface area contributed by atoms with Crippen LogP contribution >= 0.6 is 0 Å². The Morgan fingerprint density at radius 2 is 1.42 bits per heavy atom. The smallest absolute Gasteiger partial charge is 0.248 e. The number of carbonyl (C=O) groups excluding carboxylic acids is 3. The largest absolute Gasteiger partial charge is 0.326 e. The molecule has 0 heterocycles. The van der Waals surface area contributed by atoms with E-state index in [0.717, 1.165) is 16.8 Å². The van der Waals surface area contributed by atoms with Gasteiger partial charge in [-0.3, -0.25) is 14.4 Å². The molecule has 0 saturated carbocycles. The summed E-state index contributed by atoms with van der Waals surface area (Å²) in [5.41, 5.74) is 3.95. The fraction of sp³-hybridized carbons (Fsp3) is 0.148. The molecule has 0 aliphatic heterocycles. The molecule has 3 aromatic carbocycles. The molecule has 0 aromatic heterocycles. The van der Waals surface area contributed by atoms with Gasteiger partial charge in [-0.05, 0) is 60.5 Å². The van der Waals surface area contributed by atoms with Crippen molar-refractivity contribution in [3.8, 4) is 0 Å². The van der Waals surface area contributed by atoms with Crippen LogP contribution in [0.5, 0.6) is 0 Å². The Hall–Kier alpha value is -4.19. The standard InChI is InChI=1S/C27H27N3O3/c1-3-30(25-7-5-4-6-8-25)27(33)19-22-11-16-24(17-12-22)29-26(32)18-13-21-9-14-23(15-10-21)28-20(2)31/h4-18H,3,19H2,1-2H3,(H,28,31)(H,29,32)/b18-13+.